The summed E-state index contributed by atoms with van der Waals surface area (Å²) in [5, 5.41) is 13.7. The first-order chi connectivity index (χ1) is 13.0. The Morgan fingerprint density at radius 1 is 1.25 bits per heavy atom. The Morgan fingerprint density at radius 3 is 2.39 bits per heavy atom. The van der Waals surface area contributed by atoms with Crippen molar-refractivity contribution in [3.8, 4) is 0 Å². The Morgan fingerprint density at radius 2 is 1.86 bits per heavy atom. The fourth-order valence-electron chi connectivity index (χ4n) is 2.67. The first kappa shape index (κ1) is 21.3. The van der Waals surface area contributed by atoms with Crippen LogP contribution in [0.15, 0.2) is 42.5 Å². The Hall–Kier alpha value is -3.01. The van der Waals surface area contributed by atoms with E-state index in [2.05, 4.69) is 5.32 Å². The van der Waals surface area contributed by atoms with Crippen LogP contribution in [-0.4, -0.2) is 31.5 Å². The summed E-state index contributed by atoms with van der Waals surface area (Å²) in [6.07, 6.45) is 0.926. The molecule has 0 aliphatic rings. The molecular weight excluding hydrogens is 389 g/mol. The van der Waals surface area contributed by atoms with Crippen molar-refractivity contribution >= 4 is 27.3 Å². The van der Waals surface area contributed by atoms with Crippen LogP contribution in [-0.2, 0) is 21.4 Å². The molecule has 0 aromatic heterocycles. The van der Waals surface area contributed by atoms with Crippen LogP contribution >= 0.6 is 0 Å². The maximum absolute atomic E-state index is 13.0. The first-order valence-corrected chi connectivity index (χ1v) is 10.1. The summed E-state index contributed by atoms with van der Waals surface area (Å²) in [5.74, 6) is -1.01. The molecule has 2 rings (SSSR count). The van der Waals surface area contributed by atoms with Gasteiger partial charge in [0.15, 0.2) is 0 Å². The lowest BCUT2D eigenvalue weighted by atomic mass is 10.1. The van der Waals surface area contributed by atoms with Crippen LogP contribution < -0.4 is 9.62 Å². The number of nitro groups is 1. The van der Waals surface area contributed by atoms with Crippen LogP contribution in [0, 0.1) is 22.9 Å². The molecule has 1 unspecified atom stereocenters. The van der Waals surface area contributed by atoms with Crippen molar-refractivity contribution in [2.45, 2.75) is 26.4 Å². The number of non-ortho nitro benzene ring substituents is 1. The first-order valence-electron chi connectivity index (χ1n) is 8.27. The second kappa shape index (κ2) is 8.34. The van der Waals surface area contributed by atoms with Gasteiger partial charge in [-0.3, -0.25) is 19.2 Å². The van der Waals surface area contributed by atoms with Crippen molar-refractivity contribution in [2.24, 2.45) is 0 Å². The van der Waals surface area contributed by atoms with Crippen LogP contribution in [0.3, 0.4) is 0 Å². The largest absolute Gasteiger partial charge is 0.350 e. The highest BCUT2D eigenvalue weighted by molar-refractivity contribution is 7.92. The van der Waals surface area contributed by atoms with Gasteiger partial charge in [0.05, 0.1) is 16.9 Å². The summed E-state index contributed by atoms with van der Waals surface area (Å²) in [6.45, 7) is 3.06. The molecule has 0 bridgehead atoms. The molecule has 0 aliphatic carbocycles. The Labute approximate surface area is 162 Å². The fraction of sp³-hybridized carbons (Fsp3) is 0.278. The van der Waals surface area contributed by atoms with Gasteiger partial charge >= 0.3 is 0 Å². The zero-order valence-corrected chi connectivity index (χ0v) is 16.4. The smallest absolute Gasteiger partial charge is 0.271 e. The predicted octanol–water partition coefficient (Wildman–Crippen LogP) is 2.51. The summed E-state index contributed by atoms with van der Waals surface area (Å²) in [5.41, 5.74) is 0.878. The maximum atomic E-state index is 13.0. The molecule has 0 aliphatic heterocycles. The van der Waals surface area contributed by atoms with Crippen LogP contribution in [0.4, 0.5) is 15.8 Å². The molecule has 0 saturated carbocycles. The molecule has 1 N–H and O–H groups in total. The van der Waals surface area contributed by atoms with Gasteiger partial charge in [-0.15, -0.1) is 0 Å². The molecule has 1 atom stereocenters. The van der Waals surface area contributed by atoms with E-state index in [-0.39, 0.29) is 17.9 Å². The van der Waals surface area contributed by atoms with Gasteiger partial charge in [-0.2, -0.15) is 0 Å². The lowest BCUT2D eigenvalue weighted by Crippen LogP contribution is -2.48. The minimum Gasteiger partial charge on any atom is -0.350 e. The number of amides is 1. The molecule has 0 saturated heterocycles. The number of rotatable bonds is 7. The number of sulfonamides is 1. The third-order valence-corrected chi connectivity index (χ3v) is 5.34. The van der Waals surface area contributed by atoms with E-state index >= 15 is 0 Å². The third kappa shape index (κ3) is 5.03. The Balaban J connectivity index is 2.30. The lowest BCUT2D eigenvalue weighted by molar-refractivity contribution is -0.384. The van der Waals surface area contributed by atoms with Gasteiger partial charge in [0, 0.05) is 18.7 Å². The number of nitrogens with zero attached hydrogens (tertiary/aromatic N) is 2. The van der Waals surface area contributed by atoms with Crippen molar-refractivity contribution in [3.05, 3.63) is 69.5 Å². The minimum absolute atomic E-state index is 0.0566. The van der Waals surface area contributed by atoms with E-state index in [4.69, 9.17) is 0 Å². The van der Waals surface area contributed by atoms with E-state index in [1.54, 1.807) is 6.92 Å². The van der Waals surface area contributed by atoms with E-state index in [1.165, 1.54) is 43.3 Å². The van der Waals surface area contributed by atoms with Gasteiger partial charge < -0.3 is 5.32 Å². The molecule has 0 spiro atoms. The summed E-state index contributed by atoms with van der Waals surface area (Å²) in [6, 6.07) is 8.16. The molecule has 0 fully saturated rings. The summed E-state index contributed by atoms with van der Waals surface area (Å²) < 4.78 is 38.5. The molecule has 2 aromatic rings. The number of nitro benzene ring substituents is 1. The maximum Gasteiger partial charge on any atom is 0.271 e. The number of aryl methyl sites for hydroxylation is 1. The van der Waals surface area contributed by atoms with Gasteiger partial charge in [0.25, 0.3) is 5.69 Å². The quantitative estimate of drug-likeness (QED) is 0.558. The molecule has 0 heterocycles. The van der Waals surface area contributed by atoms with E-state index < -0.39 is 32.7 Å². The lowest BCUT2D eigenvalue weighted by Gasteiger charge is -2.29. The SMILES string of the molecule is Cc1ccc([N+](=O)[O-])cc1N(C(C)C(=O)NCc1ccc(F)cc1)S(C)(=O)=O. The molecule has 28 heavy (non-hydrogen) atoms. The number of hydrogen-bond donors (Lipinski definition) is 1. The third-order valence-electron chi connectivity index (χ3n) is 4.11. The van der Waals surface area contributed by atoms with Crippen molar-refractivity contribution < 1.29 is 22.5 Å². The molecule has 10 heteroatoms. The zero-order chi connectivity index (χ0) is 21.1. The van der Waals surface area contributed by atoms with E-state index in [0.717, 1.165) is 16.6 Å². The zero-order valence-electron chi connectivity index (χ0n) is 15.5. The summed E-state index contributed by atoms with van der Waals surface area (Å²) in [4.78, 5) is 23.0. The van der Waals surface area contributed by atoms with Gasteiger partial charge in [0.1, 0.15) is 11.9 Å². The highest BCUT2D eigenvalue weighted by Crippen LogP contribution is 2.29. The van der Waals surface area contributed by atoms with Crippen LogP contribution in [0.2, 0.25) is 0 Å². The number of carbonyl (C=O) groups is 1. The second-order valence-corrected chi connectivity index (χ2v) is 8.17. The Kier molecular flexibility index (Phi) is 6.34. The molecule has 2 aromatic carbocycles. The number of anilines is 1. The highest BCUT2D eigenvalue weighted by Gasteiger charge is 2.31. The minimum atomic E-state index is -3.92. The standard InChI is InChI=1S/C18H20FN3O5S/c1-12-4-9-16(22(24)25)10-17(12)21(28(3,26)27)13(2)18(23)20-11-14-5-7-15(19)8-6-14/h4-10,13H,11H2,1-3H3,(H,20,23). The molecule has 1 amide bonds. The Bertz CT molecular complexity index is 993. The van der Waals surface area contributed by atoms with Gasteiger partial charge in [-0.1, -0.05) is 18.2 Å². The van der Waals surface area contributed by atoms with Gasteiger partial charge in [0.2, 0.25) is 15.9 Å². The normalized spacial score (nSPS) is 12.3. The van der Waals surface area contributed by atoms with Gasteiger partial charge in [-0.25, -0.2) is 12.8 Å². The van der Waals surface area contributed by atoms with E-state index in [0.29, 0.717) is 11.1 Å². The molecule has 0 radical (unpaired) electrons. The van der Waals surface area contributed by atoms with Crippen LogP contribution in [0.25, 0.3) is 0 Å². The molecule has 8 nitrogen and oxygen atoms in total. The van der Waals surface area contributed by atoms with Crippen molar-refractivity contribution in [2.75, 3.05) is 10.6 Å². The van der Waals surface area contributed by atoms with Crippen LogP contribution in [0.5, 0.6) is 0 Å². The number of hydrogen-bond acceptors (Lipinski definition) is 5. The monoisotopic (exact) mass is 409 g/mol. The number of carbonyl (C=O) groups excluding carboxylic acids is 1. The number of nitrogens with one attached hydrogen (secondary N) is 1. The topological polar surface area (TPSA) is 110 Å². The van der Waals surface area contributed by atoms with Crippen molar-refractivity contribution in [1.82, 2.24) is 5.32 Å². The number of benzene rings is 2. The van der Waals surface area contributed by atoms with Crippen LogP contribution in [0.1, 0.15) is 18.1 Å². The van der Waals surface area contributed by atoms with Crippen molar-refractivity contribution in [3.63, 3.8) is 0 Å². The van der Waals surface area contributed by atoms with Gasteiger partial charge in [-0.05, 0) is 37.1 Å². The summed E-state index contributed by atoms with van der Waals surface area (Å²) in [7, 11) is -3.92. The highest BCUT2D eigenvalue weighted by atomic mass is 32.2. The van der Waals surface area contributed by atoms with E-state index in [1.807, 2.05) is 0 Å². The van der Waals surface area contributed by atoms with E-state index in [9.17, 15) is 27.7 Å². The number of halogens is 1. The fourth-order valence-corrected chi connectivity index (χ4v) is 3.89. The average molecular weight is 409 g/mol. The molecule has 150 valence electrons. The predicted molar refractivity (Wildman–Crippen MR) is 103 cm³/mol. The van der Waals surface area contributed by atoms with Crippen molar-refractivity contribution in [1.29, 1.82) is 0 Å². The average Bonchev–Trinajstić information content (AvgIpc) is 2.61. The second-order valence-electron chi connectivity index (χ2n) is 6.31. The summed E-state index contributed by atoms with van der Waals surface area (Å²) >= 11 is 0. The molecular formula is C18H20FN3O5S.